The Hall–Kier alpha value is -0.980. The molecule has 0 aromatic carbocycles. The number of hydrogen-bond donors (Lipinski definition) is 0. The molecule has 104 valence electrons. The van der Waals surface area contributed by atoms with Gasteiger partial charge in [0.25, 0.3) is 0 Å². The summed E-state index contributed by atoms with van der Waals surface area (Å²) in [5.41, 5.74) is 2.84. The van der Waals surface area contributed by atoms with Gasteiger partial charge >= 0.3 is 0 Å². The summed E-state index contributed by atoms with van der Waals surface area (Å²) < 4.78 is 2.99. The Morgan fingerprint density at radius 1 is 1.40 bits per heavy atom. The summed E-state index contributed by atoms with van der Waals surface area (Å²) in [6, 6.07) is 1.96. The third kappa shape index (κ3) is 2.73. The lowest BCUT2D eigenvalue weighted by Gasteiger charge is -2.05. The van der Waals surface area contributed by atoms with E-state index < -0.39 is 0 Å². The van der Waals surface area contributed by atoms with Crippen molar-refractivity contribution in [1.29, 1.82) is 0 Å². The standard InChI is InChI=1S/C13H12BrClN4S/c1-8-17-10(7-20-8)2-3-19-12(5-15)18-11-4-9(14)6-16-13(11)19/h4,6-7H,2-3,5H2,1H3. The van der Waals surface area contributed by atoms with Gasteiger partial charge in [-0.2, -0.15) is 0 Å². The quantitative estimate of drug-likeness (QED) is 0.652. The first-order chi connectivity index (χ1) is 9.67. The van der Waals surface area contributed by atoms with Crippen molar-refractivity contribution < 1.29 is 0 Å². The minimum Gasteiger partial charge on any atom is -0.311 e. The molecule has 0 N–H and O–H groups in total. The maximum atomic E-state index is 5.99. The summed E-state index contributed by atoms with van der Waals surface area (Å²) >= 11 is 11.1. The minimum atomic E-state index is 0.379. The lowest BCUT2D eigenvalue weighted by Crippen LogP contribution is -2.06. The van der Waals surface area contributed by atoms with Gasteiger partial charge in [0.1, 0.15) is 11.3 Å². The monoisotopic (exact) mass is 370 g/mol. The second-order valence-corrected chi connectivity index (χ2v) is 6.66. The van der Waals surface area contributed by atoms with Crippen LogP contribution >= 0.6 is 38.9 Å². The van der Waals surface area contributed by atoms with Crippen molar-refractivity contribution in [1.82, 2.24) is 19.5 Å². The molecule has 0 atom stereocenters. The molecule has 4 nitrogen and oxygen atoms in total. The molecule has 7 heteroatoms. The molecule has 0 bridgehead atoms. The third-order valence-electron chi connectivity index (χ3n) is 3.01. The summed E-state index contributed by atoms with van der Waals surface area (Å²) in [5, 5.41) is 3.19. The predicted octanol–water partition coefficient (Wildman–Crippen LogP) is 3.94. The number of thiazole rings is 1. The van der Waals surface area contributed by atoms with Gasteiger partial charge in [-0.3, -0.25) is 0 Å². The highest BCUT2D eigenvalue weighted by Crippen LogP contribution is 2.20. The van der Waals surface area contributed by atoms with E-state index in [0.717, 1.165) is 45.1 Å². The topological polar surface area (TPSA) is 43.6 Å². The van der Waals surface area contributed by atoms with E-state index >= 15 is 0 Å². The molecule has 20 heavy (non-hydrogen) atoms. The predicted molar refractivity (Wildman–Crippen MR) is 85.3 cm³/mol. The molecule has 0 fully saturated rings. The van der Waals surface area contributed by atoms with Crippen molar-refractivity contribution >= 4 is 50.0 Å². The maximum absolute atomic E-state index is 5.99. The average Bonchev–Trinajstić information content (AvgIpc) is 2.99. The van der Waals surface area contributed by atoms with E-state index in [1.54, 1.807) is 17.5 Å². The number of alkyl halides is 1. The van der Waals surface area contributed by atoms with Gasteiger partial charge < -0.3 is 4.57 Å². The number of aromatic nitrogens is 4. The Bertz CT molecular complexity index is 752. The fraction of sp³-hybridized carbons (Fsp3) is 0.308. The Balaban J connectivity index is 1.93. The number of rotatable bonds is 4. The van der Waals surface area contributed by atoms with Gasteiger partial charge in [0, 0.05) is 29.0 Å². The normalized spacial score (nSPS) is 11.3. The van der Waals surface area contributed by atoms with Crippen molar-refractivity contribution in [2.75, 3.05) is 0 Å². The van der Waals surface area contributed by atoms with E-state index in [-0.39, 0.29) is 0 Å². The van der Waals surface area contributed by atoms with Crippen molar-refractivity contribution in [2.45, 2.75) is 25.8 Å². The molecule has 3 aromatic heterocycles. The van der Waals surface area contributed by atoms with Crippen molar-refractivity contribution in [3.8, 4) is 0 Å². The van der Waals surface area contributed by atoms with E-state index in [2.05, 4.69) is 40.8 Å². The zero-order valence-electron chi connectivity index (χ0n) is 10.8. The Morgan fingerprint density at radius 2 is 2.25 bits per heavy atom. The van der Waals surface area contributed by atoms with Crippen LogP contribution < -0.4 is 0 Å². The lowest BCUT2D eigenvalue weighted by atomic mass is 10.3. The van der Waals surface area contributed by atoms with Crippen LogP contribution in [0.5, 0.6) is 0 Å². The summed E-state index contributed by atoms with van der Waals surface area (Å²) in [7, 11) is 0. The van der Waals surface area contributed by atoms with Crippen LogP contribution in [0.3, 0.4) is 0 Å². The third-order valence-corrected chi connectivity index (χ3v) is 4.50. The van der Waals surface area contributed by atoms with Gasteiger partial charge in [-0.1, -0.05) is 0 Å². The highest BCUT2D eigenvalue weighted by molar-refractivity contribution is 9.10. The smallest absolute Gasteiger partial charge is 0.160 e. The Kier molecular flexibility index (Phi) is 4.05. The molecule has 0 radical (unpaired) electrons. The summed E-state index contributed by atoms with van der Waals surface area (Å²) in [5.74, 6) is 1.23. The van der Waals surface area contributed by atoms with Crippen LogP contribution in [0.2, 0.25) is 0 Å². The number of aryl methyl sites for hydroxylation is 3. The molecule has 0 spiro atoms. The van der Waals surface area contributed by atoms with Crippen LogP contribution in [0.25, 0.3) is 11.2 Å². The number of fused-ring (bicyclic) bond motifs is 1. The second-order valence-electron chi connectivity index (χ2n) is 4.42. The molecular weight excluding hydrogens is 360 g/mol. The van der Waals surface area contributed by atoms with Gasteiger partial charge in [-0.25, -0.2) is 15.0 Å². The van der Waals surface area contributed by atoms with Crippen LogP contribution in [-0.4, -0.2) is 19.5 Å². The average molecular weight is 372 g/mol. The molecule has 0 saturated carbocycles. The summed E-state index contributed by atoms with van der Waals surface area (Å²) in [6.07, 6.45) is 2.64. The highest BCUT2D eigenvalue weighted by Gasteiger charge is 2.12. The molecule has 3 aromatic rings. The zero-order chi connectivity index (χ0) is 14.1. The maximum Gasteiger partial charge on any atom is 0.160 e. The zero-order valence-corrected chi connectivity index (χ0v) is 14.0. The fourth-order valence-corrected chi connectivity index (χ4v) is 3.29. The van der Waals surface area contributed by atoms with E-state index in [1.165, 1.54) is 0 Å². The fourth-order valence-electron chi connectivity index (χ4n) is 2.12. The summed E-state index contributed by atoms with van der Waals surface area (Å²) in [6.45, 7) is 2.81. The van der Waals surface area contributed by atoms with Crippen LogP contribution in [0.1, 0.15) is 16.5 Å². The van der Waals surface area contributed by atoms with Gasteiger partial charge in [0.15, 0.2) is 5.65 Å². The van der Waals surface area contributed by atoms with Crippen LogP contribution in [0, 0.1) is 6.92 Å². The first-order valence-corrected chi connectivity index (χ1v) is 8.35. The number of halogens is 2. The molecule has 0 unspecified atom stereocenters. The van der Waals surface area contributed by atoms with Gasteiger partial charge in [0.2, 0.25) is 0 Å². The van der Waals surface area contributed by atoms with Gasteiger partial charge in [0.05, 0.1) is 16.6 Å². The van der Waals surface area contributed by atoms with Gasteiger partial charge in [-0.15, -0.1) is 22.9 Å². The first kappa shape index (κ1) is 14.0. The van der Waals surface area contributed by atoms with E-state index in [1.807, 2.05) is 13.0 Å². The largest absolute Gasteiger partial charge is 0.311 e. The molecule has 0 aliphatic carbocycles. The number of imidazole rings is 1. The van der Waals surface area contributed by atoms with E-state index in [9.17, 15) is 0 Å². The number of pyridine rings is 1. The van der Waals surface area contributed by atoms with Crippen molar-refractivity contribution in [3.63, 3.8) is 0 Å². The Labute approximate surface area is 134 Å². The van der Waals surface area contributed by atoms with E-state index in [4.69, 9.17) is 11.6 Å². The molecule has 0 saturated heterocycles. The minimum absolute atomic E-state index is 0.379. The molecule has 3 heterocycles. The van der Waals surface area contributed by atoms with Crippen LogP contribution in [-0.2, 0) is 18.8 Å². The molecular formula is C13H12BrClN4S. The van der Waals surface area contributed by atoms with E-state index in [0.29, 0.717) is 5.88 Å². The molecule has 0 aliphatic rings. The SMILES string of the molecule is Cc1nc(CCn2c(CCl)nc3cc(Br)cnc32)cs1. The van der Waals surface area contributed by atoms with Crippen LogP contribution in [0.4, 0.5) is 0 Å². The molecule has 3 rings (SSSR count). The van der Waals surface area contributed by atoms with Crippen LogP contribution in [0.15, 0.2) is 22.1 Å². The number of nitrogens with zero attached hydrogens (tertiary/aromatic N) is 4. The second kappa shape index (κ2) is 5.79. The van der Waals surface area contributed by atoms with Gasteiger partial charge in [-0.05, 0) is 28.9 Å². The number of hydrogen-bond acceptors (Lipinski definition) is 4. The Morgan fingerprint density at radius 3 is 2.95 bits per heavy atom. The van der Waals surface area contributed by atoms with Crippen molar-refractivity contribution in [3.05, 3.63) is 38.6 Å². The first-order valence-electron chi connectivity index (χ1n) is 6.15. The summed E-state index contributed by atoms with van der Waals surface area (Å²) in [4.78, 5) is 13.5. The van der Waals surface area contributed by atoms with Crippen molar-refractivity contribution in [2.24, 2.45) is 0 Å². The highest BCUT2D eigenvalue weighted by atomic mass is 79.9. The lowest BCUT2D eigenvalue weighted by molar-refractivity contribution is 0.674. The molecule has 0 aliphatic heterocycles. The molecule has 0 amide bonds.